The Hall–Kier alpha value is -0.420. The van der Waals surface area contributed by atoms with Gasteiger partial charge in [0.2, 0.25) is 11.8 Å². The van der Waals surface area contributed by atoms with E-state index in [1.54, 1.807) is 0 Å². The summed E-state index contributed by atoms with van der Waals surface area (Å²) in [5, 5.41) is 63.0. The van der Waals surface area contributed by atoms with Crippen molar-refractivity contribution in [2.45, 2.75) is 89.4 Å². The molecule has 154 valence electrons. The summed E-state index contributed by atoms with van der Waals surface area (Å²) in [6.07, 6.45) is -0.459. The Kier molecular flexibility index (Phi) is 4.87. The summed E-state index contributed by atoms with van der Waals surface area (Å²) < 4.78 is 27.0. The predicted octanol–water partition coefficient (Wildman–Crippen LogP) is 0.526. The average Bonchev–Trinajstić information content (AvgIpc) is 3.35. The van der Waals surface area contributed by atoms with Gasteiger partial charge in [-0.05, 0) is 19.8 Å². The van der Waals surface area contributed by atoms with Gasteiger partial charge in [-0.15, -0.1) is 0 Å². The van der Waals surface area contributed by atoms with E-state index in [4.69, 9.17) is 0 Å². The van der Waals surface area contributed by atoms with Crippen LogP contribution in [0.1, 0.15) is 60.3 Å². The molecule has 0 radical (unpaired) electrons. The number of aliphatic hydroxyl groups is 6. The Bertz CT molecular complexity index is 561. The molecule has 26 heavy (non-hydrogen) atoms. The minimum absolute atomic E-state index is 0.283. The van der Waals surface area contributed by atoms with Gasteiger partial charge in [-0.25, -0.2) is 8.78 Å². The number of likely N-dealkylation sites (tertiary alicyclic amines) is 1. The highest BCUT2D eigenvalue weighted by atomic mass is 19.3. The van der Waals surface area contributed by atoms with Crippen molar-refractivity contribution in [2.75, 3.05) is 0 Å². The second-order valence-electron chi connectivity index (χ2n) is 8.22. The molecule has 2 aliphatic carbocycles. The molecule has 1 spiro atoms. The first-order valence-electron chi connectivity index (χ1n) is 9.09. The van der Waals surface area contributed by atoms with Gasteiger partial charge in [-0.3, -0.25) is 0 Å². The molecular weight excluding hydrogens is 352 g/mol. The third-order valence-electron chi connectivity index (χ3n) is 6.41. The van der Waals surface area contributed by atoms with E-state index in [-0.39, 0.29) is 4.90 Å². The van der Waals surface area contributed by atoms with Crippen molar-refractivity contribution in [1.29, 1.82) is 0 Å². The molecule has 1 heterocycles. The lowest BCUT2D eigenvalue weighted by Gasteiger charge is -2.54. The van der Waals surface area contributed by atoms with Crippen LogP contribution in [-0.4, -0.2) is 64.6 Å². The lowest BCUT2D eigenvalue weighted by atomic mass is 9.71. The Morgan fingerprint density at radius 2 is 1.46 bits per heavy atom. The van der Waals surface area contributed by atoms with Gasteiger partial charge in [0.05, 0.1) is 11.5 Å². The van der Waals surface area contributed by atoms with Gasteiger partial charge in [-0.1, -0.05) is 27.7 Å². The minimum atomic E-state index is -3.37. The van der Waals surface area contributed by atoms with Crippen LogP contribution >= 0.6 is 0 Å². The van der Waals surface area contributed by atoms with E-state index in [1.807, 2.05) is 13.8 Å². The average molecular weight is 383 g/mol. The lowest BCUT2D eigenvalue weighted by Crippen LogP contribution is -2.75. The lowest BCUT2D eigenvalue weighted by molar-refractivity contribution is -0.429. The summed E-state index contributed by atoms with van der Waals surface area (Å²) in [4.78, 5) is 0.283. The fraction of sp³-hybridized carbons (Fsp3) is 1.00. The van der Waals surface area contributed by atoms with E-state index < -0.39 is 59.2 Å². The topological polar surface area (TPSA) is 125 Å². The molecule has 3 fully saturated rings. The van der Waals surface area contributed by atoms with Crippen molar-refractivity contribution in [3.05, 3.63) is 0 Å². The summed E-state index contributed by atoms with van der Waals surface area (Å²) >= 11 is 0. The Labute approximate surface area is 151 Å². The molecule has 3 aliphatic rings. The summed E-state index contributed by atoms with van der Waals surface area (Å²) in [6, 6.07) is 0. The first-order chi connectivity index (χ1) is 11.6. The van der Waals surface area contributed by atoms with Gasteiger partial charge in [0.25, 0.3) is 5.92 Å². The van der Waals surface area contributed by atoms with Gasteiger partial charge in [0.1, 0.15) is 0 Å². The normalized spacial score (nSPS) is 34.6. The maximum Gasteiger partial charge on any atom is 0.258 e. The number of rotatable bonds is 4. The van der Waals surface area contributed by atoms with E-state index >= 15 is 0 Å². The molecule has 0 aromatic rings. The maximum atomic E-state index is 13.5. The van der Waals surface area contributed by atoms with Crippen LogP contribution in [-0.2, 0) is 0 Å². The number of halogens is 2. The van der Waals surface area contributed by atoms with Gasteiger partial charge in [-0.2, -0.15) is 4.90 Å². The fourth-order valence-electron chi connectivity index (χ4n) is 4.61. The zero-order chi connectivity index (χ0) is 20.6. The number of hydrogen-bond acceptors (Lipinski definition) is 7. The van der Waals surface area contributed by atoms with Crippen molar-refractivity contribution in [1.82, 2.24) is 4.90 Å². The molecule has 1 aliphatic heterocycles. The quantitative estimate of drug-likeness (QED) is 0.391. The Morgan fingerprint density at radius 1 is 1.04 bits per heavy atom. The van der Waals surface area contributed by atoms with Crippen LogP contribution in [0, 0.1) is 17.3 Å². The third kappa shape index (κ3) is 2.63. The van der Waals surface area contributed by atoms with E-state index in [1.165, 1.54) is 20.8 Å². The molecule has 7 nitrogen and oxygen atoms in total. The van der Waals surface area contributed by atoms with Gasteiger partial charge >= 0.3 is 0 Å². The van der Waals surface area contributed by atoms with Crippen molar-refractivity contribution in [3.8, 4) is 0 Å². The van der Waals surface area contributed by atoms with Crippen molar-refractivity contribution in [3.63, 3.8) is 0 Å². The van der Waals surface area contributed by atoms with Crippen molar-refractivity contribution < 1.29 is 39.4 Å². The van der Waals surface area contributed by atoms with Crippen LogP contribution < -0.4 is 0 Å². The van der Waals surface area contributed by atoms with E-state index in [2.05, 4.69) is 0 Å². The smallest absolute Gasteiger partial charge is 0.258 e. The largest absolute Gasteiger partial charge is 0.364 e. The van der Waals surface area contributed by atoms with E-state index in [9.17, 15) is 39.4 Å². The van der Waals surface area contributed by atoms with Gasteiger partial charge in [0.15, 0.2) is 5.79 Å². The molecule has 3 rings (SSSR count). The third-order valence-corrected chi connectivity index (χ3v) is 6.41. The zero-order valence-corrected chi connectivity index (χ0v) is 15.9. The summed E-state index contributed by atoms with van der Waals surface area (Å²) in [5.41, 5.74) is -2.97. The second kappa shape index (κ2) is 5.79. The molecule has 1 saturated heterocycles. The fourth-order valence-corrected chi connectivity index (χ4v) is 4.61. The number of hydrogen-bond donors (Lipinski definition) is 6. The SMILES string of the molecule is CC.CC(C)C(O)(O)C1(C)N(C(O)(O)C2CC2(F)F)C(O)(O)CC12CC2. The number of nitrogens with zero attached hydrogens (tertiary/aromatic N) is 1. The molecule has 9 heteroatoms. The highest BCUT2D eigenvalue weighted by molar-refractivity contribution is 5.25. The Morgan fingerprint density at radius 3 is 1.77 bits per heavy atom. The summed E-state index contributed by atoms with van der Waals surface area (Å²) in [5.74, 6) is -14.9. The van der Waals surface area contributed by atoms with Crippen LogP contribution in [0.4, 0.5) is 8.78 Å². The van der Waals surface area contributed by atoms with Crippen LogP contribution in [0.3, 0.4) is 0 Å². The molecule has 2 atom stereocenters. The van der Waals surface area contributed by atoms with Gasteiger partial charge in [0, 0.05) is 24.2 Å². The summed E-state index contributed by atoms with van der Waals surface area (Å²) in [6.45, 7) is 8.20. The van der Waals surface area contributed by atoms with Crippen molar-refractivity contribution in [2.24, 2.45) is 17.3 Å². The molecule has 2 saturated carbocycles. The van der Waals surface area contributed by atoms with Crippen LogP contribution in [0.2, 0.25) is 0 Å². The first kappa shape index (κ1) is 21.9. The molecule has 2 unspecified atom stereocenters. The minimum Gasteiger partial charge on any atom is -0.364 e. The van der Waals surface area contributed by atoms with Crippen molar-refractivity contribution >= 4 is 0 Å². The summed E-state index contributed by atoms with van der Waals surface area (Å²) in [7, 11) is 0. The molecule has 0 amide bonds. The molecule has 0 aromatic carbocycles. The Balaban J connectivity index is 0.00000117. The van der Waals surface area contributed by atoms with E-state index in [0.29, 0.717) is 12.8 Å². The van der Waals surface area contributed by atoms with Gasteiger partial charge < -0.3 is 30.6 Å². The molecular formula is C17H31F2NO6. The maximum absolute atomic E-state index is 13.5. The highest BCUT2D eigenvalue weighted by Gasteiger charge is 2.83. The second-order valence-corrected chi connectivity index (χ2v) is 8.22. The molecule has 6 N–H and O–H groups in total. The predicted molar refractivity (Wildman–Crippen MR) is 87.3 cm³/mol. The first-order valence-corrected chi connectivity index (χ1v) is 9.09. The highest BCUT2D eigenvalue weighted by Crippen LogP contribution is 2.72. The zero-order valence-electron chi connectivity index (χ0n) is 15.9. The monoisotopic (exact) mass is 383 g/mol. The molecule has 0 bridgehead atoms. The van der Waals surface area contributed by atoms with E-state index in [0.717, 1.165) is 0 Å². The van der Waals surface area contributed by atoms with Crippen LogP contribution in [0.5, 0.6) is 0 Å². The molecule has 0 aromatic heterocycles. The van der Waals surface area contributed by atoms with Crippen LogP contribution in [0.25, 0.3) is 0 Å². The number of alkyl halides is 2. The standard InChI is InChI=1S/C15H25F2NO6.C2H6/c1-8(2)14(21,22)10(3)11(4-5-11)7-13(19,20)18(10)15(23,24)9-6-12(9,16)17;1-2/h8-9,19-24H,4-7H2,1-3H3;1-2H3. The van der Waals surface area contributed by atoms with Crippen LogP contribution in [0.15, 0.2) is 0 Å².